The molecule has 3 aromatic carbocycles. The van der Waals surface area contributed by atoms with E-state index in [1.165, 1.54) is 0 Å². The van der Waals surface area contributed by atoms with Crippen molar-refractivity contribution in [3.05, 3.63) is 96.4 Å². The first-order valence-corrected chi connectivity index (χ1v) is 9.80. The number of carbonyl (C=O) groups is 1. The van der Waals surface area contributed by atoms with Crippen LogP contribution in [0.4, 0.5) is 0 Å². The first-order chi connectivity index (χ1) is 15.3. The Morgan fingerprint density at radius 2 is 1.61 bits per heavy atom. The molecule has 0 aliphatic carbocycles. The normalized spacial score (nSPS) is 10.5. The van der Waals surface area contributed by atoms with Crippen LogP contribution in [0.25, 0.3) is 11.4 Å². The molecule has 4 rings (SSSR count). The molecule has 1 aromatic heterocycles. The fourth-order valence-corrected chi connectivity index (χ4v) is 2.81. The first kappa shape index (κ1) is 20.2. The summed E-state index contributed by atoms with van der Waals surface area (Å²) in [6.07, 6.45) is 0. The molecule has 1 N–H and O–H groups in total. The summed E-state index contributed by atoms with van der Waals surface area (Å²) >= 11 is 0. The molecule has 4 aromatic rings. The number of amides is 1. The van der Waals surface area contributed by atoms with Gasteiger partial charge in [-0.1, -0.05) is 65.8 Å². The van der Waals surface area contributed by atoms with Crippen molar-refractivity contribution in [2.45, 2.75) is 13.2 Å². The predicted octanol–water partition coefficient (Wildman–Crippen LogP) is 4.01. The number of nitrogens with zero attached hydrogens (tertiary/aromatic N) is 2. The zero-order chi connectivity index (χ0) is 21.3. The number of aromatic nitrogens is 2. The van der Waals surface area contributed by atoms with Crippen LogP contribution in [0.1, 0.15) is 11.5 Å². The molecule has 0 aliphatic rings. The van der Waals surface area contributed by atoms with E-state index in [2.05, 4.69) is 15.5 Å². The Bertz CT molecular complexity index is 1110. The molecule has 0 aliphatic heterocycles. The maximum Gasteiger partial charge on any atom is 0.264 e. The van der Waals surface area contributed by atoms with Gasteiger partial charge < -0.3 is 19.3 Å². The quantitative estimate of drug-likeness (QED) is 0.445. The lowest BCUT2D eigenvalue weighted by Gasteiger charge is -2.08. The van der Waals surface area contributed by atoms with E-state index in [-0.39, 0.29) is 19.1 Å². The Labute approximate surface area is 179 Å². The van der Waals surface area contributed by atoms with Crippen molar-refractivity contribution in [2.24, 2.45) is 0 Å². The number of hydrogen-bond donors (Lipinski definition) is 1. The average molecular weight is 415 g/mol. The second-order valence-electron chi connectivity index (χ2n) is 6.69. The fourth-order valence-electron chi connectivity index (χ4n) is 2.81. The minimum atomic E-state index is -0.200. The Morgan fingerprint density at radius 1 is 0.871 bits per heavy atom. The van der Waals surface area contributed by atoms with Gasteiger partial charge in [-0.3, -0.25) is 4.79 Å². The highest BCUT2D eigenvalue weighted by atomic mass is 16.5. The number of carbonyl (C=O) groups excluding carboxylic acids is 1. The predicted molar refractivity (Wildman–Crippen MR) is 114 cm³/mol. The van der Waals surface area contributed by atoms with Crippen molar-refractivity contribution in [3.8, 4) is 22.9 Å². The summed E-state index contributed by atoms with van der Waals surface area (Å²) in [7, 11) is 0. The summed E-state index contributed by atoms with van der Waals surface area (Å²) in [6, 6.07) is 26.3. The molecule has 0 atom stereocenters. The largest absolute Gasteiger partial charge is 0.484 e. The van der Waals surface area contributed by atoms with E-state index in [0.29, 0.717) is 24.0 Å². The van der Waals surface area contributed by atoms with Crippen LogP contribution in [-0.2, 0) is 17.9 Å². The van der Waals surface area contributed by atoms with Gasteiger partial charge in [0, 0.05) is 12.1 Å². The Balaban J connectivity index is 1.30. The molecule has 0 saturated carbocycles. The van der Waals surface area contributed by atoms with Gasteiger partial charge in [-0.05, 0) is 29.8 Å². The van der Waals surface area contributed by atoms with Crippen LogP contribution < -0.4 is 14.8 Å². The number of para-hydroxylation sites is 1. The van der Waals surface area contributed by atoms with Gasteiger partial charge in [0.05, 0.1) is 0 Å². The van der Waals surface area contributed by atoms with E-state index in [1.54, 1.807) is 12.1 Å². The highest BCUT2D eigenvalue weighted by Gasteiger charge is 2.11. The number of benzene rings is 3. The Morgan fingerprint density at radius 3 is 2.42 bits per heavy atom. The lowest BCUT2D eigenvalue weighted by Crippen LogP contribution is -2.28. The van der Waals surface area contributed by atoms with Gasteiger partial charge in [0.2, 0.25) is 5.82 Å². The van der Waals surface area contributed by atoms with Gasteiger partial charge in [-0.15, -0.1) is 0 Å². The summed E-state index contributed by atoms with van der Waals surface area (Å²) in [5, 5.41) is 6.83. The monoisotopic (exact) mass is 415 g/mol. The molecule has 31 heavy (non-hydrogen) atoms. The molecular weight excluding hydrogens is 394 g/mol. The van der Waals surface area contributed by atoms with Crippen molar-refractivity contribution in [3.63, 3.8) is 0 Å². The SMILES string of the molecule is O=C(COc1cccc(-c2noc(COc3ccccc3)n2)c1)NCc1ccccc1. The molecular formula is C24H21N3O4. The molecule has 0 radical (unpaired) electrons. The lowest BCUT2D eigenvalue weighted by atomic mass is 10.2. The molecule has 0 unspecified atom stereocenters. The highest BCUT2D eigenvalue weighted by Crippen LogP contribution is 2.22. The molecule has 7 nitrogen and oxygen atoms in total. The maximum absolute atomic E-state index is 12.0. The highest BCUT2D eigenvalue weighted by molar-refractivity contribution is 5.77. The molecule has 0 spiro atoms. The number of ether oxygens (including phenoxy) is 2. The number of nitrogens with one attached hydrogen (secondary N) is 1. The Kier molecular flexibility index (Phi) is 6.54. The van der Waals surface area contributed by atoms with Crippen LogP contribution >= 0.6 is 0 Å². The second-order valence-corrected chi connectivity index (χ2v) is 6.69. The first-order valence-electron chi connectivity index (χ1n) is 9.80. The summed E-state index contributed by atoms with van der Waals surface area (Å²) in [5.41, 5.74) is 1.75. The topological polar surface area (TPSA) is 86.5 Å². The summed E-state index contributed by atoms with van der Waals surface area (Å²) < 4.78 is 16.5. The van der Waals surface area contributed by atoms with Crippen molar-refractivity contribution >= 4 is 5.91 Å². The molecule has 1 amide bonds. The smallest absolute Gasteiger partial charge is 0.264 e. The van der Waals surface area contributed by atoms with Gasteiger partial charge in [0.1, 0.15) is 11.5 Å². The fraction of sp³-hybridized carbons (Fsp3) is 0.125. The van der Waals surface area contributed by atoms with E-state index in [1.807, 2.05) is 72.8 Å². The lowest BCUT2D eigenvalue weighted by molar-refractivity contribution is -0.123. The minimum absolute atomic E-state index is 0.0846. The van der Waals surface area contributed by atoms with E-state index in [4.69, 9.17) is 14.0 Å². The third-order valence-corrected chi connectivity index (χ3v) is 4.37. The van der Waals surface area contributed by atoms with Crippen molar-refractivity contribution in [2.75, 3.05) is 6.61 Å². The van der Waals surface area contributed by atoms with Crippen LogP contribution in [-0.4, -0.2) is 22.7 Å². The van der Waals surface area contributed by atoms with Gasteiger partial charge in [-0.2, -0.15) is 4.98 Å². The minimum Gasteiger partial charge on any atom is -0.484 e. The molecule has 1 heterocycles. The van der Waals surface area contributed by atoms with Crippen LogP contribution in [0, 0.1) is 0 Å². The summed E-state index contributed by atoms with van der Waals surface area (Å²) in [5.74, 6) is 1.85. The van der Waals surface area contributed by atoms with Crippen LogP contribution in [0.3, 0.4) is 0 Å². The van der Waals surface area contributed by atoms with Crippen LogP contribution in [0.15, 0.2) is 89.5 Å². The zero-order valence-corrected chi connectivity index (χ0v) is 16.7. The second kappa shape index (κ2) is 10.1. The van der Waals surface area contributed by atoms with Crippen LogP contribution in [0.5, 0.6) is 11.5 Å². The van der Waals surface area contributed by atoms with Crippen molar-refractivity contribution in [1.29, 1.82) is 0 Å². The number of rotatable bonds is 9. The molecule has 7 heteroatoms. The summed E-state index contributed by atoms with van der Waals surface area (Å²) in [6.45, 7) is 0.549. The van der Waals surface area contributed by atoms with E-state index in [9.17, 15) is 4.79 Å². The van der Waals surface area contributed by atoms with Crippen molar-refractivity contribution < 1.29 is 18.8 Å². The molecule has 0 bridgehead atoms. The number of hydrogen-bond acceptors (Lipinski definition) is 6. The molecule has 156 valence electrons. The maximum atomic E-state index is 12.0. The van der Waals surface area contributed by atoms with Crippen LogP contribution in [0.2, 0.25) is 0 Å². The third-order valence-electron chi connectivity index (χ3n) is 4.37. The molecule has 0 saturated heterocycles. The van der Waals surface area contributed by atoms with Gasteiger partial charge >= 0.3 is 0 Å². The van der Waals surface area contributed by atoms with E-state index in [0.717, 1.165) is 16.9 Å². The van der Waals surface area contributed by atoms with E-state index < -0.39 is 0 Å². The summed E-state index contributed by atoms with van der Waals surface area (Å²) in [4.78, 5) is 16.4. The standard InChI is InChI=1S/C24H21N3O4/c28-22(25-15-18-8-3-1-4-9-18)16-29-21-13-7-10-19(14-21)24-26-23(31-27-24)17-30-20-11-5-2-6-12-20/h1-14H,15-17H2,(H,25,28). The van der Waals surface area contributed by atoms with Gasteiger partial charge in [0.15, 0.2) is 13.2 Å². The molecule has 0 fully saturated rings. The van der Waals surface area contributed by atoms with Crippen molar-refractivity contribution in [1.82, 2.24) is 15.5 Å². The Hall–Kier alpha value is -4.13. The van der Waals surface area contributed by atoms with Gasteiger partial charge in [-0.25, -0.2) is 0 Å². The van der Waals surface area contributed by atoms with Gasteiger partial charge in [0.25, 0.3) is 11.8 Å². The van der Waals surface area contributed by atoms with E-state index >= 15 is 0 Å². The average Bonchev–Trinajstić information content (AvgIpc) is 3.31. The third kappa shape index (κ3) is 5.93. The zero-order valence-electron chi connectivity index (χ0n) is 16.7.